The highest BCUT2D eigenvalue weighted by atomic mass is 16.2. The first kappa shape index (κ1) is 14.6. The molecule has 1 aromatic heterocycles. The number of anilines is 1. The van der Waals surface area contributed by atoms with Crippen LogP contribution in [0.25, 0.3) is 5.69 Å². The zero-order valence-electron chi connectivity index (χ0n) is 12.8. The second-order valence-corrected chi connectivity index (χ2v) is 5.64. The Morgan fingerprint density at radius 2 is 1.91 bits per heavy atom. The van der Waals surface area contributed by atoms with E-state index in [0.29, 0.717) is 24.6 Å². The Kier molecular flexibility index (Phi) is 3.85. The molecule has 0 amide bonds. The molecule has 6 heteroatoms. The molecular weight excluding hydrogens is 280 g/mol. The van der Waals surface area contributed by atoms with Gasteiger partial charge in [-0.1, -0.05) is 24.6 Å². The molecular formula is C16H20N4O2. The van der Waals surface area contributed by atoms with Crippen molar-refractivity contribution < 1.29 is 0 Å². The highest BCUT2D eigenvalue weighted by Crippen LogP contribution is 2.20. The number of aryl methyl sites for hydroxylation is 1. The zero-order valence-corrected chi connectivity index (χ0v) is 12.8. The van der Waals surface area contributed by atoms with Crippen molar-refractivity contribution in [1.82, 2.24) is 14.5 Å². The van der Waals surface area contributed by atoms with E-state index in [-0.39, 0.29) is 5.56 Å². The van der Waals surface area contributed by atoms with Crippen LogP contribution in [0.15, 0.2) is 33.9 Å². The van der Waals surface area contributed by atoms with Crippen LogP contribution in [0.2, 0.25) is 0 Å². The predicted molar refractivity (Wildman–Crippen MR) is 86.6 cm³/mol. The normalized spacial score (nSPS) is 14.5. The summed E-state index contributed by atoms with van der Waals surface area (Å²) in [6, 6.07) is 7.67. The van der Waals surface area contributed by atoms with Crippen LogP contribution in [0.1, 0.15) is 24.5 Å². The molecule has 3 rings (SSSR count). The molecule has 0 fully saturated rings. The lowest BCUT2D eigenvalue weighted by Crippen LogP contribution is -2.43. The lowest BCUT2D eigenvalue weighted by Gasteiger charge is -2.30. The summed E-state index contributed by atoms with van der Waals surface area (Å²) in [5, 5.41) is 3.23. The van der Waals surface area contributed by atoms with E-state index in [4.69, 9.17) is 0 Å². The summed E-state index contributed by atoms with van der Waals surface area (Å²) in [6.07, 6.45) is 1.02. The van der Waals surface area contributed by atoms with Crippen molar-refractivity contribution in [3.05, 3.63) is 56.2 Å². The number of aromatic amines is 1. The summed E-state index contributed by atoms with van der Waals surface area (Å²) in [4.78, 5) is 29.0. The Bertz CT molecular complexity index is 789. The molecule has 0 bridgehead atoms. The molecule has 1 aromatic carbocycles. The number of fused-ring (bicyclic) bond motifs is 1. The number of nitrogens with zero attached hydrogens (tertiary/aromatic N) is 2. The molecule has 2 aromatic rings. The molecule has 0 unspecified atom stereocenters. The van der Waals surface area contributed by atoms with Gasteiger partial charge in [0.25, 0.3) is 5.56 Å². The minimum absolute atomic E-state index is 0.309. The van der Waals surface area contributed by atoms with Gasteiger partial charge in [-0.3, -0.25) is 14.7 Å². The van der Waals surface area contributed by atoms with Crippen LogP contribution in [0.3, 0.4) is 0 Å². The number of nitrogens with one attached hydrogen (secondary N) is 2. The van der Waals surface area contributed by atoms with Gasteiger partial charge in [-0.05, 0) is 32.0 Å². The number of H-pyrrole nitrogens is 1. The second kappa shape index (κ2) is 5.81. The Morgan fingerprint density at radius 1 is 1.18 bits per heavy atom. The van der Waals surface area contributed by atoms with Crippen LogP contribution in [0, 0.1) is 6.92 Å². The Balaban J connectivity index is 2.13. The van der Waals surface area contributed by atoms with E-state index in [2.05, 4.69) is 22.1 Å². The SMILES string of the molecule is CCCN1CNc2c(c(=O)[nH]c(=O)n2-c2ccc(C)cc2)C1. The molecule has 0 spiro atoms. The van der Waals surface area contributed by atoms with E-state index in [9.17, 15) is 9.59 Å². The van der Waals surface area contributed by atoms with Crippen molar-refractivity contribution in [3.63, 3.8) is 0 Å². The molecule has 1 aliphatic rings. The van der Waals surface area contributed by atoms with Gasteiger partial charge in [0.2, 0.25) is 0 Å². The van der Waals surface area contributed by atoms with Crippen molar-refractivity contribution >= 4 is 5.82 Å². The monoisotopic (exact) mass is 300 g/mol. The van der Waals surface area contributed by atoms with Crippen molar-refractivity contribution in [1.29, 1.82) is 0 Å². The third-order valence-electron chi connectivity index (χ3n) is 3.89. The van der Waals surface area contributed by atoms with Gasteiger partial charge in [0.15, 0.2) is 0 Å². The van der Waals surface area contributed by atoms with Crippen LogP contribution in [0.5, 0.6) is 0 Å². The first-order valence-electron chi connectivity index (χ1n) is 7.51. The van der Waals surface area contributed by atoms with E-state index in [1.54, 1.807) is 4.57 Å². The highest BCUT2D eigenvalue weighted by molar-refractivity contribution is 5.52. The average molecular weight is 300 g/mol. The summed E-state index contributed by atoms with van der Waals surface area (Å²) in [7, 11) is 0. The zero-order chi connectivity index (χ0) is 15.7. The molecule has 0 saturated heterocycles. The van der Waals surface area contributed by atoms with E-state index in [0.717, 1.165) is 24.2 Å². The summed E-state index contributed by atoms with van der Waals surface area (Å²) in [5.41, 5.74) is 1.76. The van der Waals surface area contributed by atoms with Crippen LogP contribution < -0.4 is 16.6 Å². The summed E-state index contributed by atoms with van der Waals surface area (Å²) < 4.78 is 1.54. The average Bonchev–Trinajstić information content (AvgIpc) is 2.50. The van der Waals surface area contributed by atoms with Crippen molar-refractivity contribution in [2.75, 3.05) is 18.5 Å². The second-order valence-electron chi connectivity index (χ2n) is 5.64. The lowest BCUT2D eigenvalue weighted by atomic mass is 10.2. The number of hydrogen-bond acceptors (Lipinski definition) is 4. The van der Waals surface area contributed by atoms with Gasteiger partial charge in [0.1, 0.15) is 5.82 Å². The first-order chi connectivity index (χ1) is 10.6. The van der Waals surface area contributed by atoms with E-state index < -0.39 is 5.69 Å². The Hall–Kier alpha value is -2.34. The smallest absolute Gasteiger partial charge is 0.334 e. The fourth-order valence-corrected chi connectivity index (χ4v) is 2.79. The van der Waals surface area contributed by atoms with Gasteiger partial charge >= 0.3 is 5.69 Å². The molecule has 0 radical (unpaired) electrons. The van der Waals surface area contributed by atoms with Gasteiger partial charge in [-0.25, -0.2) is 9.36 Å². The molecule has 0 atom stereocenters. The third-order valence-corrected chi connectivity index (χ3v) is 3.89. The van der Waals surface area contributed by atoms with Crippen LogP contribution >= 0.6 is 0 Å². The van der Waals surface area contributed by atoms with Crippen molar-refractivity contribution in [3.8, 4) is 5.69 Å². The topological polar surface area (TPSA) is 70.1 Å². The predicted octanol–water partition coefficient (Wildman–Crippen LogP) is 1.43. The molecule has 6 nitrogen and oxygen atoms in total. The standard InChI is InChI=1S/C16H20N4O2/c1-3-8-19-9-13-14(17-10-19)20(16(22)18-15(13)21)12-6-4-11(2)5-7-12/h4-7,17H,3,8-10H2,1-2H3,(H,18,21,22). The summed E-state index contributed by atoms with van der Waals surface area (Å²) in [5.74, 6) is 0.602. The molecule has 2 N–H and O–H groups in total. The highest BCUT2D eigenvalue weighted by Gasteiger charge is 2.22. The quantitative estimate of drug-likeness (QED) is 0.899. The summed E-state index contributed by atoms with van der Waals surface area (Å²) >= 11 is 0. The molecule has 0 saturated carbocycles. The maximum atomic E-state index is 12.3. The van der Waals surface area contributed by atoms with E-state index >= 15 is 0 Å². The van der Waals surface area contributed by atoms with Crippen LogP contribution in [0.4, 0.5) is 5.82 Å². The Labute approximate surface area is 128 Å². The van der Waals surface area contributed by atoms with Gasteiger partial charge in [0, 0.05) is 6.54 Å². The number of hydrogen-bond donors (Lipinski definition) is 2. The van der Waals surface area contributed by atoms with E-state index in [1.807, 2.05) is 31.2 Å². The van der Waals surface area contributed by atoms with E-state index in [1.165, 1.54) is 0 Å². The van der Waals surface area contributed by atoms with Crippen LogP contribution in [-0.2, 0) is 6.54 Å². The number of aromatic nitrogens is 2. The summed E-state index contributed by atoms with van der Waals surface area (Å²) in [6.45, 7) is 6.20. The molecule has 22 heavy (non-hydrogen) atoms. The third kappa shape index (κ3) is 2.57. The first-order valence-corrected chi connectivity index (χ1v) is 7.51. The van der Waals surface area contributed by atoms with Crippen LogP contribution in [-0.4, -0.2) is 27.7 Å². The number of benzene rings is 1. The van der Waals surface area contributed by atoms with Gasteiger partial charge < -0.3 is 5.32 Å². The molecule has 1 aliphatic heterocycles. The minimum atomic E-state index is -0.413. The van der Waals surface area contributed by atoms with Gasteiger partial charge in [0.05, 0.1) is 17.9 Å². The van der Waals surface area contributed by atoms with Crippen molar-refractivity contribution in [2.45, 2.75) is 26.8 Å². The molecule has 0 aliphatic carbocycles. The van der Waals surface area contributed by atoms with Gasteiger partial charge in [-0.15, -0.1) is 0 Å². The maximum Gasteiger partial charge on any atom is 0.334 e. The van der Waals surface area contributed by atoms with Gasteiger partial charge in [-0.2, -0.15) is 0 Å². The fourth-order valence-electron chi connectivity index (χ4n) is 2.79. The lowest BCUT2D eigenvalue weighted by molar-refractivity contribution is 0.273. The largest absolute Gasteiger partial charge is 0.358 e. The number of rotatable bonds is 3. The fraction of sp³-hybridized carbons (Fsp3) is 0.375. The minimum Gasteiger partial charge on any atom is -0.358 e. The Morgan fingerprint density at radius 3 is 2.59 bits per heavy atom. The molecule has 2 heterocycles. The van der Waals surface area contributed by atoms with Crippen molar-refractivity contribution in [2.24, 2.45) is 0 Å². The maximum absolute atomic E-state index is 12.3. The molecule has 116 valence electrons.